The van der Waals surface area contributed by atoms with Crippen LogP contribution in [0.1, 0.15) is 35.1 Å². The van der Waals surface area contributed by atoms with Gasteiger partial charge >= 0.3 is 0 Å². The zero-order chi connectivity index (χ0) is 13.0. The van der Waals surface area contributed by atoms with Crippen LogP contribution in [0.5, 0.6) is 0 Å². The highest BCUT2D eigenvalue weighted by Gasteiger charge is 2.23. The molecular formula is C15H18O2S. The molecule has 0 aliphatic carbocycles. The molecule has 0 aliphatic rings. The summed E-state index contributed by atoms with van der Waals surface area (Å²) in [6.45, 7) is 4.57. The molecular weight excluding hydrogens is 244 g/mol. The van der Waals surface area contributed by atoms with E-state index in [0.717, 1.165) is 11.1 Å². The zero-order valence-electron chi connectivity index (χ0n) is 10.7. The SMILES string of the molecule is CCOC(c1ccccc1)C(O)c1csc(C)c1. The topological polar surface area (TPSA) is 29.5 Å². The van der Waals surface area contributed by atoms with Crippen molar-refractivity contribution in [2.45, 2.75) is 26.1 Å². The maximum atomic E-state index is 10.5. The number of aryl methyl sites for hydroxylation is 1. The Morgan fingerprint density at radius 3 is 2.50 bits per heavy atom. The Bertz CT molecular complexity index is 478. The summed E-state index contributed by atoms with van der Waals surface area (Å²) in [4.78, 5) is 1.20. The van der Waals surface area contributed by atoms with Gasteiger partial charge in [0.1, 0.15) is 12.2 Å². The number of benzene rings is 1. The molecule has 0 spiro atoms. The van der Waals surface area contributed by atoms with Gasteiger partial charge in [0, 0.05) is 11.5 Å². The van der Waals surface area contributed by atoms with Crippen LogP contribution in [-0.4, -0.2) is 11.7 Å². The molecule has 0 radical (unpaired) electrons. The first-order chi connectivity index (χ1) is 8.72. The summed E-state index contributed by atoms with van der Waals surface area (Å²) >= 11 is 1.65. The first-order valence-corrected chi connectivity index (χ1v) is 7.00. The van der Waals surface area contributed by atoms with Crippen molar-refractivity contribution in [3.63, 3.8) is 0 Å². The van der Waals surface area contributed by atoms with Crippen molar-refractivity contribution in [2.24, 2.45) is 0 Å². The highest BCUT2D eigenvalue weighted by Crippen LogP contribution is 2.33. The van der Waals surface area contributed by atoms with Gasteiger partial charge in [-0.05, 0) is 36.4 Å². The van der Waals surface area contributed by atoms with E-state index < -0.39 is 6.10 Å². The second-order valence-electron chi connectivity index (χ2n) is 4.22. The normalized spacial score (nSPS) is 14.4. The number of hydrogen-bond acceptors (Lipinski definition) is 3. The van der Waals surface area contributed by atoms with Crippen molar-refractivity contribution in [1.29, 1.82) is 0 Å². The predicted molar refractivity (Wildman–Crippen MR) is 74.8 cm³/mol. The Hall–Kier alpha value is -1.16. The second kappa shape index (κ2) is 6.14. The predicted octanol–water partition coefficient (Wildman–Crippen LogP) is 3.87. The third-order valence-electron chi connectivity index (χ3n) is 2.85. The molecule has 18 heavy (non-hydrogen) atoms. The number of aliphatic hydroxyl groups is 1. The molecule has 0 aliphatic heterocycles. The van der Waals surface area contributed by atoms with Gasteiger partial charge in [-0.15, -0.1) is 11.3 Å². The minimum absolute atomic E-state index is 0.301. The summed E-state index contributed by atoms with van der Waals surface area (Å²) in [5.41, 5.74) is 1.94. The number of rotatable bonds is 5. The summed E-state index contributed by atoms with van der Waals surface area (Å²) in [6.07, 6.45) is -0.914. The van der Waals surface area contributed by atoms with Crippen LogP contribution >= 0.6 is 11.3 Å². The lowest BCUT2D eigenvalue weighted by Gasteiger charge is -2.22. The third kappa shape index (κ3) is 2.99. The van der Waals surface area contributed by atoms with Gasteiger partial charge in [-0.1, -0.05) is 30.3 Å². The number of thiophene rings is 1. The molecule has 1 N–H and O–H groups in total. The largest absolute Gasteiger partial charge is 0.385 e. The van der Waals surface area contributed by atoms with Gasteiger partial charge in [-0.3, -0.25) is 0 Å². The molecule has 2 atom stereocenters. The monoisotopic (exact) mass is 262 g/mol. The van der Waals surface area contributed by atoms with Gasteiger partial charge in [-0.2, -0.15) is 0 Å². The zero-order valence-corrected chi connectivity index (χ0v) is 11.5. The minimum Gasteiger partial charge on any atom is -0.385 e. The number of ether oxygens (including phenoxy) is 1. The molecule has 96 valence electrons. The Morgan fingerprint density at radius 2 is 1.94 bits per heavy atom. The Labute approximate surface area is 112 Å². The smallest absolute Gasteiger partial charge is 0.113 e. The molecule has 0 bridgehead atoms. The molecule has 1 aromatic heterocycles. The maximum absolute atomic E-state index is 10.5. The van der Waals surface area contributed by atoms with Gasteiger partial charge in [-0.25, -0.2) is 0 Å². The van der Waals surface area contributed by atoms with E-state index in [1.807, 2.05) is 55.6 Å². The average Bonchev–Trinajstić information content (AvgIpc) is 2.83. The molecule has 1 heterocycles. The summed E-state index contributed by atoms with van der Waals surface area (Å²) in [6, 6.07) is 11.9. The van der Waals surface area contributed by atoms with Crippen molar-refractivity contribution < 1.29 is 9.84 Å². The highest BCUT2D eigenvalue weighted by molar-refractivity contribution is 7.10. The Kier molecular flexibility index (Phi) is 4.53. The molecule has 2 unspecified atom stereocenters. The molecule has 2 nitrogen and oxygen atoms in total. The van der Waals surface area contributed by atoms with Gasteiger partial charge in [0.2, 0.25) is 0 Å². The lowest BCUT2D eigenvalue weighted by atomic mass is 10.00. The van der Waals surface area contributed by atoms with Crippen molar-refractivity contribution in [1.82, 2.24) is 0 Å². The van der Waals surface area contributed by atoms with E-state index >= 15 is 0 Å². The second-order valence-corrected chi connectivity index (χ2v) is 5.34. The number of aliphatic hydroxyl groups excluding tert-OH is 1. The fourth-order valence-electron chi connectivity index (χ4n) is 1.99. The van der Waals surface area contributed by atoms with Crippen LogP contribution < -0.4 is 0 Å². The van der Waals surface area contributed by atoms with E-state index in [0.29, 0.717) is 6.61 Å². The van der Waals surface area contributed by atoms with Crippen LogP contribution in [0.4, 0.5) is 0 Å². The standard InChI is InChI=1S/C15H18O2S/c1-3-17-15(12-7-5-4-6-8-12)14(16)13-9-11(2)18-10-13/h4-10,14-16H,3H2,1-2H3. The maximum Gasteiger partial charge on any atom is 0.113 e. The summed E-state index contributed by atoms with van der Waals surface area (Å²) < 4.78 is 5.71. The lowest BCUT2D eigenvalue weighted by molar-refractivity contribution is -0.0359. The quantitative estimate of drug-likeness (QED) is 0.886. The van der Waals surface area contributed by atoms with Gasteiger partial charge < -0.3 is 9.84 Å². The van der Waals surface area contributed by atoms with Crippen LogP contribution in [0.15, 0.2) is 41.8 Å². The van der Waals surface area contributed by atoms with Crippen LogP contribution in [-0.2, 0) is 4.74 Å². The summed E-state index contributed by atoms with van der Waals surface area (Å²) in [7, 11) is 0. The van der Waals surface area contributed by atoms with Crippen LogP contribution in [0, 0.1) is 6.92 Å². The minimum atomic E-state index is -0.614. The van der Waals surface area contributed by atoms with Crippen molar-refractivity contribution in [2.75, 3.05) is 6.61 Å². The molecule has 2 aromatic rings. The Morgan fingerprint density at radius 1 is 1.22 bits per heavy atom. The van der Waals surface area contributed by atoms with Crippen molar-refractivity contribution in [3.05, 3.63) is 57.8 Å². The van der Waals surface area contributed by atoms with E-state index in [-0.39, 0.29) is 6.10 Å². The van der Waals surface area contributed by atoms with Crippen LogP contribution in [0.25, 0.3) is 0 Å². The lowest BCUT2D eigenvalue weighted by Crippen LogP contribution is -2.14. The van der Waals surface area contributed by atoms with Gasteiger partial charge in [0.05, 0.1) is 0 Å². The van der Waals surface area contributed by atoms with E-state index in [9.17, 15) is 5.11 Å². The summed E-state index contributed by atoms with van der Waals surface area (Å²) in [5.74, 6) is 0. The van der Waals surface area contributed by atoms with Crippen molar-refractivity contribution >= 4 is 11.3 Å². The molecule has 0 saturated heterocycles. The van der Waals surface area contributed by atoms with Gasteiger partial charge in [0.25, 0.3) is 0 Å². The van der Waals surface area contributed by atoms with E-state index in [1.165, 1.54) is 4.88 Å². The van der Waals surface area contributed by atoms with Crippen LogP contribution in [0.3, 0.4) is 0 Å². The van der Waals surface area contributed by atoms with Crippen molar-refractivity contribution in [3.8, 4) is 0 Å². The highest BCUT2D eigenvalue weighted by atomic mass is 32.1. The molecule has 1 aromatic carbocycles. The van der Waals surface area contributed by atoms with E-state index in [2.05, 4.69) is 0 Å². The Balaban J connectivity index is 2.25. The average molecular weight is 262 g/mol. The molecule has 0 amide bonds. The molecule has 2 rings (SSSR count). The molecule has 3 heteroatoms. The van der Waals surface area contributed by atoms with E-state index in [1.54, 1.807) is 11.3 Å². The van der Waals surface area contributed by atoms with Gasteiger partial charge in [0.15, 0.2) is 0 Å². The summed E-state index contributed by atoms with van der Waals surface area (Å²) in [5, 5.41) is 12.5. The first kappa shape index (κ1) is 13.3. The third-order valence-corrected chi connectivity index (χ3v) is 3.73. The molecule has 0 saturated carbocycles. The fourth-order valence-corrected chi connectivity index (χ4v) is 2.72. The molecule has 0 fully saturated rings. The number of hydrogen-bond donors (Lipinski definition) is 1. The van der Waals surface area contributed by atoms with Crippen LogP contribution in [0.2, 0.25) is 0 Å². The fraction of sp³-hybridized carbons (Fsp3) is 0.333. The van der Waals surface area contributed by atoms with E-state index in [4.69, 9.17) is 4.74 Å². The first-order valence-electron chi connectivity index (χ1n) is 6.12.